The second-order valence-corrected chi connectivity index (χ2v) is 6.13. The Bertz CT molecular complexity index is 1020. The molecular weight excluding hydrogens is 386 g/mol. The van der Waals surface area contributed by atoms with E-state index in [1.54, 1.807) is 36.4 Å². The third-order valence-corrected chi connectivity index (χ3v) is 4.20. The molecule has 1 N–H and O–H groups in total. The molecule has 0 saturated carbocycles. The van der Waals surface area contributed by atoms with E-state index < -0.39 is 17.4 Å². The number of alkyl halides is 2. The van der Waals surface area contributed by atoms with Crippen LogP contribution in [0.15, 0.2) is 48.5 Å². The zero-order valence-electron chi connectivity index (χ0n) is 15.3. The fourth-order valence-electron chi connectivity index (χ4n) is 2.87. The molecule has 1 aromatic heterocycles. The van der Waals surface area contributed by atoms with Crippen molar-refractivity contribution in [1.82, 2.24) is 9.55 Å². The van der Waals surface area contributed by atoms with Gasteiger partial charge in [-0.1, -0.05) is 24.3 Å². The Kier molecular flexibility index (Phi) is 6.32. The highest BCUT2D eigenvalue weighted by Crippen LogP contribution is 2.24. The number of imidazole rings is 1. The van der Waals surface area contributed by atoms with Crippen LogP contribution in [0.3, 0.4) is 0 Å². The van der Waals surface area contributed by atoms with Gasteiger partial charge in [-0.25, -0.2) is 4.98 Å². The van der Waals surface area contributed by atoms with Crippen molar-refractivity contribution in [2.24, 2.45) is 0 Å². The van der Waals surface area contributed by atoms with E-state index in [1.807, 2.05) is 0 Å². The lowest BCUT2D eigenvalue weighted by Crippen LogP contribution is -2.12. The van der Waals surface area contributed by atoms with E-state index in [0.29, 0.717) is 24.2 Å². The molecule has 0 aliphatic rings. The van der Waals surface area contributed by atoms with Crippen molar-refractivity contribution in [3.05, 3.63) is 64.5 Å². The standard InChI is InChI=1S/C19H18F2N4O4/c20-19(21)24-15-8-3-2-7-14(15)23-17(24)12-29-18(26)10-5-11-22-13-6-1-4-9-16(13)25(27)28/h1-4,6-9,19,22H,5,10-12H2. The summed E-state index contributed by atoms with van der Waals surface area (Å²) in [6.45, 7) is -2.85. The first-order chi connectivity index (χ1) is 14.0. The molecule has 0 unspecified atom stereocenters. The summed E-state index contributed by atoms with van der Waals surface area (Å²) in [7, 11) is 0. The first-order valence-electron chi connectivity index (χ1n) is 8.84. The molecular formula is C19H18F2N4O4. The van der Waals surface area contributed by atoms with Crippen LogP contribution >= 0.6 is 0 Å². The molecule has 8 nitrogen and oxygen atoms in total. The molecule has 0 radical (unpaired) electrons. The number of hydrogen-bond donors (Lipinski definition) is 1. The number of nitro groups is 1. The van der Waals surface area contributed by atoms with Gasteiger partial charge in [0.1, 0.15) is 12.3 Å². The van der Waals surface area contributed by atoms with Gasteiger partial charge in [0.15, 0.2) is 5.82 Å². The highest BCUT2D eigenvalue weighted by atomic mass is 19.3. The summed E-state index contributed by atoms with van der Waals surface area (Å²) in [6, 6.07) is 12.6. The van der Waals surface area contributed by atoms with Gasteiger partial charge < -0.3 is 10.1 Å². The first kappa shape index (κ1) is 20.2. The van der Waals surface area contributed by atoms with Gasteiger partial charge in [-0.2, -0.15) is 8.78 Å². The van der Waals surface area contributed by atoms with E-state index in [0.717, 1.165) is 4.57 Å². The molecule has 0 fully saturated rings. The topological polar surface area (TPSA) is 99.3 Å². The SMILES string of the molecule is O=C(CCCNc1ccccc1[N+](=O)[O-])OCc1nc2ccccc2n1C(F)F. The fourth-order valence-corrected chi connectivity index (χ4v) is 2.87. The number of para-hydroxylation sites is 4. The Morgan fingerprint density at radius 3 is 2.69 bits per heavy atom. The number of nitro benzene ring substituents is 1. The summed E-state index contributed by atoms with van der Waals surface area (Å²) in [5.74, 6) is -0.602. The number of halogens is 2. The number of carbonyl (C=O) groups is 1. The van der Waals surface area contributed by atoms with Gasteiger partial charge in [-0.15, -0.1) is 0 Å². The third-order valence-electron chi connectivity index (χ3n) is 4.20. The van der Waals surface area contributed by atoms with Gasteiger partial charge in [0.25, 0.3) is 5.69 Å². The van der Waals surface area contributed by atoms with Crippen molar-refractivity contribution in [2.45, 2.75) is 26.0 Å². The second-order valence-electron chi connectivity index (χ2n) is 6.13. The number of rotatable bonds is 9. The highest BCUT2D eigenvalue weighted by molar-refractivity contribution is 5.76. The van der Waals surface area contributed by atoms with Crippen molar-refractivity contribution in [2.75, 3.05) is 11.9 Å². The third kappa shape index (κ3) is 4.84. The number of aromatic nitrogens is 2. The van der Waals surface area contributed by atoms with Crippen LogP contribution in [0.25, 0.3) is 11.0 Å². The van der Waals surface area contributed by atoms with Crippen molar-refractivity contribution < 1.29 is 23.2 Å². The summed E-state index contributed by atoms with van der Waals surface area (Å²) < 4.78 is 32.5. The number of benzene rings is 2. The van der Waals surface area contributed by atoms with Crippen molar-refractivity contribution in [3.63, 3.8) is 0 Å². The average molecular weight is 404 g/mol. The molecule has 10 heteroatoms. The Morgan fingerprint density at radius 1 is 1.21 bits per heavy atom. The highest BCUT2D eigenvalue weighted by Gasteiger charge is 2.18. The number of fused-ring (bicyclic) bond motifs is 1. The largest absolute Gasteiger partial charge is 0.458 e. The monoisotopic (exact) mass is 404 g/mol. The number of nitrogens with zero attached hydrogens (tertiary/aromatic N) is 3. The molecule has 3 aromatic rings. The Morgan fingerprint density at radius 2 is 1.93 bits per heavy atom. The molecule has 0 aliphatic heterocycles. The Labute approximate surface area is 164 Å². The van der Waals surface area contributed by atoms with Crippen LogP contribution in [0, 0.1) is 10.1 Å². The van der Waals surface area contributed by atoms with Gasteiger partial charge in [0.2, 0.25) is 0 Å². The molecule has 0 aliphatic carbocycles. The lowest BCUT2D eigenvalue weighted by molar-refractivity contribution is -0.384. The number of hydrogen-bond acceptors (Lipinski definition) is 6. The van der Waals surface area contributed by atoms with E-state index in [-0.39, 0.29) is 30.1 Å². The van der Waals surface area contributed by atoms with Gasteiger partial charge in [-0.05, 0) is 24.6 Å². The fraction of sp³-hybridized carbons (Fsp3) is 0.263. The molecule has 0 bridgehead atoms. The summed E-state index contributed by atoms with van der Waals surface area (Å²) in [6.07, 6.45) is 0.388. The predicted octanol–water partition coefficient (Wildman–Crippen LogP) is 4.28. The predicted molar refractivity (Wildman–Crippen MR) is 102 cm³/mol. The van der Waals surface area contributed by atoms with E-state index in [4.69, 9.17) is 4.74 Å². The summed E-state index contributed by atoms with van der Waals surface area (Å²) in [5, 5.41) is 13.9. The summed E-state index contributed by atoms with van der Waals surface area (Å²) in [4.78, 5) is 26.5. The maximum atomic E-state index is 13.3. The minimum absolute atomic E-state index is 0.0303. The summed E-state index contributed by atoms with van der Waals surface area (Å²) in [5.41, 5.74) is 0.965. The molecule has 152 valence electrons. The van der Waals surface area contributed by atoms with Gasteiger partial charge in [-0.3, -0.25) is 19.5 Å². The van der Waals surface area contributed by atoms with E-state index in [1.165, 1.54) is 12.1 Å². The number of ether oxygens (including phenoxy) is 1. The molecule has 1 heterocycles. The minimum atomic E-state index is -2.80. The quantitative estimate of drug-likeness (QED) is 0.247. The smallest absolute Gasteiger partial charge is 0.320 e. The van der Waals surface area contributed by atoms with Crippen LogP contribution in [-0.2, 0) is 16.1 Å². The van der Waals surface area contributed by atoms with E-state index in [2.05, 4.69) is 10.3 Å². The van der Waals surface area contributed by atoms with Crippen molar-refractivity contribution >= 4 is 28.4 Å². The number of nitrogens with one attached hydrogen (secondary N) is 1. The maximum absolute atomic E-state index is 13.3. The number of anilines is 1. The Balaban J connectivity index is 1.51. The lowest BCUT2D eigenvalue weighted by Gasteiger charge is -2.09. The number of carbonyl (C=O) groups excluding carboxylic acids is 1. The Hall–Kier alpha value is -3.56. The molecule has 2 aromatic carbocycles. The zero-order valence-corrected chi connectivity index (χ0v) is 15.3. The van der Waals surface area contributed by atoms with Crippen LogP contribution in [0.5, 0.6) is 0 Å². The molecule has 3 rings (SSSR count). The van der Waals surface area contributed by atoms with Gasteiger partial charge >= 0.3 is 12.5 Å². The lowest BCUT2D eigenvalue weighted by atomic mass is 10.2. The first-order valence-corrected chi connectivity index (χ1v) is 8.84. The normalized spacial score (nSPS) is 11.0. The van der Waals surface area contributed by atoms with Gasteiger partial charge in [0, 0.05) is 19.0 Å². The van der Waals surface area contributed by atoms with Crippen LogP contribution < -0.4 is 5.32 Å². The maximum Gasteiger partial charge on any atom is 0.320 e. The molecule has 0 atom stereocenters. The van der Waals surface area contributed by atoms with Crippen LogP contribution in [-0.4, -0.2) is 27.0 Å². The van der Waals surface area contributed by atoms with E-state index >= 15 is 0 Å². The van der Waals surface area contributed by atoms with Crippen LogP contribution in [0.2, 0.25) is 0 Å². The molecule has 29 heavy (non-hydrogen) atoms. The van der Waals surface area contributed by atoms with Crippen LogP contribution in [0.4, 0.5) is 20.2 Å². The average Bonchev–Trinajstić information content (AvgIpc) is 3.08. The zero-order chi connectivity index (χ0) is 20.8. The van der Waals surface area contributed by atoms with Gasteiger partial charge in [0.05, 0.1) is 16.0 Å². The van der Waals surface area contributed by atoms with Crippen molar-refractivity contribution in [3.8, 4) is 0 Å². The minimum Gasteiger partial charge on any atom is -0.458 e. The molecule has 0 spiro atoms. The second kappa shape index (κ2) is 9.09. The molecule has 0 saturated heterocycles. The summed E-state index contributed by atoms with van der Waals surface area (Å²) >= 11 is 0. The van der Waals surface area contributed by atoms with Crippen molar-refractivity contribution in [1.29, 1.82) is 0 Å². The molecule has 0 amide bonds. The number of esters is 1. The van der Waals surface area contributed by atoms with Crippen LogP contribution in [0.1, 0.15) is 25.2 Å². The van der Waals surface area contributed by atoms with E-state index in [9.17, 15) is 23.7 Å².